The van der Waals surface area contributed by atoms with Gasteiger partial charge in [-0.15, -0.1) is 0 Å². The maximum Gasteiger partial charge on any atom is 0.410 e. The molecule has 1 unspecified atom stereocenters. The van der Waals surface area contributed by atoms with Crippen LogP contribution < -0.4 is 5.32 Å². The van der Waals surface area contributed by atoms with E-state index in [-0.39, 0.29) is 54.2 Å². The highest BCUT2D eigenvalue weighted by molar-refractivity contribution is 5.68. The number of carbonyl (C=O) groups is 2. The van der Waals surface area contributed by atoms with Gasteiger partial charge in [0.05, 0.1) is 42.5 Å². The van der Waals surface area contributed by atoms with Gasteiger partial charge in [0.25, 0.3) is 0 Å². The third-order valence-corrected chi connectivity index (χ3v) is 8.81. The van der Waals surface area contributed by atoms with E-state index in [1.165, 1.54) is 0 Å². The Bertz CT molecular complexity index is 931. The number of hydrogen-bond donors (Lipinski definition) is 3. The second-order valence-electron chi connectivity index (χ2n) is 12.5. The van der Waals surface area contributed by atoms with Crippen molar-refractivity contribution in [2.75, 3.05) is 33.3 Å². The Balaban J connectivity index is 1.61. The predicted octanol–water partition coefficient (Wildman–Crippen LogP) is 3.77. The number of aliphatic hydroxyl groups is 1. The summed E-state index contributed by atoms with van der Waals surface area (Å²) in [6.07, 6.45) is 5.60. The Morgan fingerprint density at radius 1 is 1.22 bits per heavy atom. The minimum atomic E-state index is -0.934. The Morgan fingerprint density at radius 2 is 1.95 bits per heavy atom. The van der Waals surface area contributed by atoms with E-state index in [2.05, 4.69) is 32.2 Å². The lowest BCUT2D eigenvalue weighted by Gasteiger charge is -2.40. The van der Waals surface area contributed by atoms with Crippen LogP contribution in [0.25, 0.3) is 0 Å². The van der Waals surface area contributed by atoms with Gasteiger partial charge in [-0.25, -0.2) is 4.79 Å². The number of nitrogens with zero attached hydrogens (tertiary/aromatic N) is 1. The van der Waals surface area contributed by atoms with Crippen molar-refractivity contribution in [1.82, 2.24) is 10.2 Å². The number of hydrogen-bond acceptors (Lipinski definition) is 8. The van der Waals surface area contributed by atoms with Crippen LogP contribution in [0.15, 0.2) is 23.8 Å². The Hall–Kier alpha value is -1.98. The van der Waals surface area contributed by atoms with Crippen molar-refractivity contribution in [3.63, 3.8) is 0 Å². The first kappa shape index (κ1) is 33.5. The lowest BCUT2D eigenvalue weighted by molar-refractivity contribution is -0.151. The van der Waals surface area contributed by atoms with Crippen LogP contribution in [0.2, 0.25) is 0 Å². The summed E-state index contributed by atoms with van der Waals surface area (Å²) < 4.78 is 23.8. The maximum absolute atomic E-state index is 13.0. The molecule has 3 fully saturated rings. The van der Waals surface area contributed by atoms with Crippen LogP contribution in [0, 0.1) is 17.8 Å². The standard InChI is InChI=1S/C31H52N2O8/c1-19(18-31(6)29(41-31)22(4)28(38-7)23(5)34)10-8-11-20(2)27-21(3)25(16-24(39-27)17-26(35)36)40-30(37)33-14-9-12-32-13-15-33/h8,10-11,19,21-25,27-29,32,34H,9,12-18H2,1-7H3,(H,35,36)/b10-8+,20-11+/t19?,21-,22+,23+,24+,25+,27+,28+,29+,31+/m0/s1. The van der Waals surface area contributed by atoms with Gasteiger partial charge in [0.15, 0.2) is 0 Å². The molecule has 41 heavy (non-hydrogen) atoms. The van der Waals surface area contributed by atoms with E-state index in [1.807, 2.05) is 26.0 Å². The number of methoxy groups -OCH3 is 1. The number of epoxide rings is 1. The zero-order valence-electron chi connectivity index (χ0n) is 25.9. The molecule has 0 spiro atoms. The fourth-order valence-corrected chi connectivity index (χ4v) is 6.60. The molecule has 234 valence electrons. The molecule has 0 aromatic rings. The van der Waals surface area contributed by atoms with Gasteiger partial charge < -0.3 is 39.4 Å². The fourth-order valence-electron chi connectivity index (χ4n) is 6.60. The van der Waals surface area contributed by atoms with E-state index in [9.17, 15) is 19.8 Å². The number of carboxylic acid groups (broad SMARTS) is 1. The van der Waals surface area contributed by atoms with Crippen molar-refractivity contribution in [1.29, 1.82) is 0 Å². The van der Waals surface area contributed by atoms with Gasteiger partial charge in [0.1, 0.15) is 6.10 Å². The second-order valence-corrected chi connectivity index (χ2v) is 12.5. The number of ether oxygens (including phenoxy) is 4. The molecular formula is C31H52N2O8. The van der Waals surface area contributed by atoms with Gasteiger partial charge >= 0.3 is 12.1 Å². The number of nitrogens with one attached hydrogen (secondary N) is 1. The first-order chi connectivity index (χ1) is 19.4. The van der Waals surface area contributed by atoms with E-state index in [0.717, 1.165) is 31.5 Å². The second kappa shape index (κ2) is 15.0. The number of amides is 1. The normalized spacial score (nSPS) is 34.0. The van der Waals surface area contributed by atoms with E-state index in [0.29, 0.717) is 19.5 Å². The molecule has 3 saturated heterocycles. The van der Waals surface area contributed by atoms with E-state index < -0.39 is 24.3 Å². The predicted molar refractivity (Wildman–Crippen MR) is 156 cm³/mol. The molecule has 10 atom stereocenters. The van der Waals surface area contributed by atoms with Crippen LogP contribution in [0.4, 0.5) is 4.79 Å². The molecule has 3 aliphatic heterocycles. The molecule has 3 heterocycles. The minimum Gasteiger partial charge on any atom is -0.481 e. The highest BCUT2D eigenvalue weighted by atomic mass is 16.6. The van der Waals surface area contributed by atoms with Gasteiger partial charge in [-0.3, -0.25) is 4.79 Å². The first-order valence-electron chi connectivity index (χ1n) is 15.1. The summed E-state index contributed by atoms with van der Waals surface area (Å²) >= 11 is 0. The minimum absolute atomic E-state index is 0.0306. The fraction of sp³-hybridized carbons (Fsp3) is 0.806. The average molecular weight is 581 g/mol. The van der Waals surface area contributed by atoms with Crippen LogP contribution in [-0.2, 0) is 23.7 Å². The number of rotatable bonds is 12. The summed E-state index contributed by atoms with van der Waals surface area (Å²) in [6, 6.07) is 0. The molecule has 3 N–H and O–H groups in total. The van der Waals surface area contributed by atoms with Crippen molar-refractivity contribution in [2.45, 2.75) is 109 Å². The van der Waals surface area contributed by atoms with Crippen LogP contribution in [0.5, 0.6) is 0 Å². The molecule has 1 amide bonds. The van der Waals surface area contributed by atoms with Crippen molar-refractivity contribution in [3.8, 4) is 0 Å². The summed E-state index contributed by atoms with van der Waals surface area (Å²) in [5.41, 5.74) is 0.690. The summed E-state index contributed by atoms with van der Waals surface area (Å²) in [7, 11) is 1.62. The molecule has 0 saturated carbocycles. The van der Waals surface area contributed by atoms with Crippen molar-refractivity contribution in [2.24, 2.45) is 17.8 Å². The number of carbonyl (C=O) groups excluding carboxylic acids is 1. The smallest absolute Gasteiger partial charge is 0.410 e. The molecule has 10 heteroatoms. The Morgan fingerprint density at radius 3 is 2.61 bits per heavy atom. The molecule has 10 nitrogen and oxygen atoms in total. The molecule has 0 aromatic carbocycles. The summed E-state index contributed by atoms with van der Waals surface area (Å²) in [4.78, 5) is 26.2. The molecule has 3 aliphatic rings. The van der Waals surface area contributed by atoms with Crippen molar-refractivity contribution in [3.05, 3.63) is 23.8 Å². The third-order valence-electron chi connectivity index (χ3n) is 8.81. The van der Waals surface area contributed by atoms with Crippen LogP contribution in [-0.4, -0.2) is 103 Å². The highest BCUT2D eigenvalue weighted by Crippen LogP contribution is 2.47. The summed E-state index contributed by atoms with van der Waals surface area (Å²) in [6.45, 7) is 14.9. The zero-order valence-corrected chi connectivity index (χ0v) is 25.9. The van der Waals surface area contributed by atoms with E-state index in [4.69, 9.17) is 18.9 Å². The van der Waals surface area contributed by atoms with Gasteiger partial charge in [0.2, 0.25) is 0 Å². The highest BCUT2D eigenvalue weighted by Gasteiger charge is 2.56. The average Bonchev–Trinajstić information content (AvgIpc) is 3.63. The van der Waals surface area contributed by atoms with Crippen molar-refractivity contribution >= 4 is 12.1 Å². The quantitative estimate of drug-likeness (QED) is 0.233. The zero-order chi connectivity index (χ0) is 30.3. The lowest BCUT2D eigenvalue weighted by atomic mass is 9.85. The van der Waals surface area contributed by atoms with Gasteiger partial charge in [0, 0.05) is 45.0 Å². The number of aliphatic hydroxyl groups excluding tert-OH is 1. The Kier molecular flexibility index (Phi) is 12.2. The van der Waals surface area contributed by atoms with Crippen LogP contribution in [0.3, 0.4) is 0 Å². The topological polar surface area (TPSA) is 130 Å². The molecular weight excluding hydrogens is 528 g/mol. The lowest BCUT2D eigenvalue weighted by Crippen LogP contribution is -2.48. The Labute approximate surface area is 245 Å². The first-order valence-corrected chi connectivity index (χ1v) is 15.1. The molecule has 3 rings (SSSR count). The SMILES string of the molecule is CO[C@H]([C@@H](C)[C@H]1O[C@]1(C)CC(C)/C=C/C=C(\C)[C@H]1O[C@@H](CC(=O)O)C[C@@H](OC(=O)N2CCCNCC2)[C@@H]1C)[C@@H](C)O. The van der Waals surface area contributed by atoms with Crippen molar-refractivity contribution < 1.29 is 38.7 Å². The number of aliphatic carboxylic acids is 1. The maximum atomic E-state index is 13.0. The monoisotopic (exact) mass is 580 g/mol. The summed E-state index contributed by atoms with van der Waals surface area (Å²) in [5.74, 6) is -0.740. The van der Waals surface area contributed by atoms with Crippen LogP contribution >= 0.6 is 0 Å². The van der Waals surface area contributed by atoms with Gasteiger partial charge in [-0.05, 0) is 51.6 Å². The number of allylic oxidation sites excluding steroid dienone is 3. The summed E-state index contributed by atoms with van der Waals surface area (Å²) in [5, 5.41) is 22.7. The van der Waals surface area contributed by atoms with E-state index >= 15 is 0 Å². The van der Waals surface area contributed by atoms with E-state index in [1.54, 1.807) is 18.9 Å². The molecule has 0 aliphatic carbocycles. The molecule has 0 radical (unpaired) electrons. The molecule has 0 bridgehead atoms. The third kappa shape index (κ3) is 9.25. The van der Waals surface area contributed by atoms with Gasteiger partial charge in [-0.2, -0.15) is 0 Å². The number of carboxylic acids is 1. The molecule has 0 aromatic heterocycles. The van der Waals surface area contributed by atoms with Gasteiger partial charge in [-0.1, -0.05) is 39.0 Å². The largest absolute Gasteiger partial charge is 0.481 e. The van der Waals surface area contributed by atoms with Crippen LogP contribution in [0.1, 0.15) is 67.2 Å².